The normalized spacial score (nSPS) is 28.2. The van der Waals surface area contributed by atoms with Crippen LogP contribution in [0.2, 0.25) is 0 Å². The maximum Gasteiger partial charge on any atom is 0.315 e. The van der Waals surface area contributed by atoms with Crippen LogP contribution in [0.1, 0.15) is 33.1 Å². The van der Waals surface area contributed by atoms with E-state index in [1.807, 2.05) is 5.06 Å². The Morgan fingerprint density at radius 2 is 2.47 bits per heavy atom. The fourth-order valence-corrected chi connectivity index (χ4v) is 1.99. The highest BCUT2D eigenvalue weighted by Crippen LogP contribution is 2.37. The molecule has 1 fully saturated rings. The van der Waals surface area contributed by atoms with E-state index < -0.39 is 0 Å². The van der Waals surface area contributed by atoms with Crippen LogP contribution in [0.3, 0.4) is 0 Å². The number of fused-ring (bicyclic) bond motifs is 1. The maximum absolute atomic E-state index is 11.0. The summed E-state index contributed by atoms with van der Waals surface area (Å²) < 4.78 is 4.57. The highest BCUT2D eigenvalue weighted by atomic mass is 16.7. The highest BCUT2D eigenvalue weighted by Gasteiger charge is 2.45. The molecule has 1 unspecified atom stereocenters. The van der Waals surface area contributed by atoms with Crippen LogP contribution in [-0.2, 0) is 14.4 Å². The van der Waals surface area contributed by atoms with Crippen molar-refractivity contribution in [2.75, 3.05) is 7.11 Å². The summed E-state index contributed by atoms with van der Waals surface area (Å²) in [6, 6.07) is 0. The number of hydroxylamine groups is 2. The SMILES string of the molecule is COC(=O)CC1=NC2CCC(C)(C)N2O1. The van der Waals surface area contributed by atoms with Crippen LogP contribution in [0.4, 0.5) is 0 Å². The number of hydrogen-bond acceptors (Lipinski definition) is 5. The maximum atomic E-state index is 11.0. The molecule has 2 rings (SSSR count). The van der Waals surface area contributed by atoms with Gasteiger partial charge < -0.3 is 9.57 Å². The molecular formula is C10H16N2O3. The second kappa shape index (κ2) is 3.48. The van der Waals surface area contributed by atoms with Gasteiger partial charge in [-0.25, -0.2) is 4.99 Å². The Bertz CT molecular complexity index is 312. The van der Waals surface area contributed by atoms with E-state index in [1.54, 1.807) is 0 Å². The number of ether oxygens (including phenoxy) is 1. The molecule has 0 N–H and O–H groups in total. The smallest absolute Gasteiger partial charge is 0.315 e. The number of methoxy groups -OCH3 is 1. The predicted octanol–water partition coefficient (Wildman–Crippen LogP) is 1.09. The number of carbonyl (C=O) groups is 1. The summed E-state index contributed by atoms with van der Waals surface area (Å²) in [7, 11) is 1.36. The Kier molecular flexibility index (Phi) is 2.42. The molecule has 2 aliphatic rings. The molecule has 84 valence electrons. The number of esters is 1. The van der Waals surface area contributed by atoms with Gasteiger partial charge in [-0.05, 0) is 26.7 Å². The third-order valence-corrected chi connectivity index (χ3v) is 2.90. The van der Waals surface area contributed by atoms with E-state index in [0.29, 0.717) is 5.90 Å². The third kappa shape index (κ3) is 1.84. The van der Waals surface area contributed by atoms with Crippen molar-refractivity contribution in [2.24, 2.45) is 4.99 Å². The van der Waals surface area contributed by atoms with Crippen LogP contribution in [0.5, 0.6) is 0 Å². The van der Waals surface area contributed by atoms with E-state index in [0.717, 1.165) is 12.8 Å². The Morgan fingerprint density at radius 3 is 3.07 bits per heavy atom. The lowest BCUT2D eigenvalue weighted by atomic mass is 10.0. The Morgan fingerprint density at radius 1 is 1.73 bits per heavy atom. The molecule has 0 saturated carbocycles. The van der Waals surface area contributed by atoms with Gasteiger partial charge in [0.15, 0.2) is 0 Å². The molecule has 2 aliphatic heterocycles. The Hall–Kier alpha value is -1.10. The van der Waals surface area contributed by atoms with Crippen molar-refractivity contribution in [2.45, 2.75) is 44.8 Å². The lowest BCUT2D eigenvalue weighted by Crippen LogP contribution is -2.39. The quantitative estimate of drug-likeness (QED) is 0.643. The molecule has 5 nitrogen and oxygen atoms in total. The number of aliphatic imine (C=N–C) groups is 1. The summed E-state index contributed by atoms with van der Waals surface area (Å²) >= 11 is 0. The Balaban J connectivity index is 2.01. The molecular weight excluding hydrogens is 196 g/mol. The third-order valence-electron chi connectivity index (χ3n) is 2.90. The van der Waals surface area contributed by atoms with Crippen molar-refractivity contribution in [1.29, 1.82) is 0 Å². The van der Waals surface area contributed by atoms with Crippen molar-refractivity contribution in [3.05, 3.63) is 0 Å². The topological polar surface area (TPSA) is 51.1 Å². The molecule has 0 amide bonds. The largest absolute Gasteiger partial charge is 0.469 e. The van der Waals surface area contributed by atoms with Gasteiger partial charge in [0, 0.05) is 0 Å². The van der Waals surface area contributed by atoms with Gasteiger partial charge >= 0.3 is 5.97 Å². The average molecular weight is 212 g/mol. The monoisotopic (exact) mass is 212 g/mol. The molecule has 0 aromatic heterocycles. The zero-order valence-corrected chi connectivity index (χ0v) is 9.32. The second-order valence-electron chi connectivity index (χ2n) is 4.52. The van der Waals surface area contributed by atoms with Gasteiger partial charge in [-0.3, -0.25) is 4.79 Å². The minimum absolute atomic E-state index is 0.00599. The van der Waals surface area contributed by atoms with E-state index in [2.05, 4.69) is 23.6 Å². The first-order valence-electron chi connectivity index (χ1n) is 5.14. The van der Waals surface area contributed by atoms with E-state index >= 15 is 0 Å². The zero-order chi connectivity index (χ0) is 11.1. The molecule has 0 aromatic rings. The van der Waals surface area contributed by atoms with Gasteiger partial charge in [0.2, 0.25) is 5.90 Å². The van der Waals surface area contributed by atoms with E-state index in [-0.39, 0.29) is 24.1 Å². The van der Waals surface area contributed by atoms with E-state index in [4.69, 9.17) is 4.84 Å². The van der Waals surface area contributed by atoms with Gasteiger partial charge in [-0.2, -0.15) is 0 Å². The van der Waals surface area contributed by atoms with Crippen LogP contribution in [-0.4, -0.2) is 35.7 Å². The zero-order valence-electron chi connectivity index (χ0n) is 9.32. The number of nitrogens with zero attached hydrogens (tertiary/aromatic N) is 2. The molecule has 0 aromatic carbocycles. The molecule has 2 heterocycles. The number of rotatable bonds is 2. The van der Waals surface area contributed by atoms with Gasteiger partial charge in [0.25, 0.3) is 0 Å². The van der Waals surface area contributed by atoms with Crippen LogP contribution in [0, 0.1) is 0 Å². The van der Waals surface area contributed by atoms with E-state index in [9.17, 15) is 4.79 Å². The summed E-state index contributed by atoms with van der Waals surface area (Å²) in [6.45, 7) is 4.23. The van der Waals surface area contributed by atoms with Crippen molar-refractivity contribution in [1.82, 2.24) is 5.06 Å². The van der Waals surface area contributed by atoms with Gasteiger partial charge in [-0.15, -0.1) is 5.06 Å². The number of hydrogen-bond donors (Lipinski definition) is 0. The first kappa shape index (κ1) is 10.4. The lowest BCUT2D eigenvalue weighted by Gasteiger charge is -2.28. The molecule has 0 bridgehead atoms. The molecule has 1 atom stereocenters. The first-order chi connectivity index (χ1) is 7.03. The molecule has 0 aliphatic carbocycles. The summed E-state index contributed by atoms with van der Waals surface area (Å²) in [5.41, 5.74) is 0.00599. The summed E-state index contributed by atoms with van der Waals surface area (Å²) in [4.78, 5) is 21.0. The van der Waals surface area contributed by atoms with Crippen molar-refractivity contribution in [3.8, 4) is 0 Å². The summed E-state index contributed by atoms with van der Waals surface area (Å²) in [5.74, 6) is 0.160. The van der Waals surface area contributed by atoms with Gasteiger partial charge in [0.05, 0.1) is 12.6 Å². The lowest BCUT2D eigenvalue weighted by molar-refractivity contribution is -0.143. The van der Waals surface area contributed by atoms with Gasteiger partial charge in [0.1, 0.15) is 12.6 Å². The van der Waals surface area contributed by atoms with Gasteiger partial charge in [-0.1, -0.05) is 0 Å². The molecule has 0 spiro atoms. The molecule has 5 heteroatoms. The fraction of sp³-hybridized carbons (Fsp3) is 0.800. The van der Waals surface area contributed by atoms with Crippen LogP contribution >= 0.6 is 0 Å². The Labute approximate surface area is 89.0 Å². The van der Waals surface area contributed by atoms with Crippen molar-refractivity contribution < 1.29 is 14.4 Å². The van der Waals surface area contributed by atoms with Crippen LogP contribution in [0.25, 0.3) is 0 Å². The average Bonchev–Trinajstić information content (AvgIpc) is 2.68. The second-order valence-corrected chi connectivity index (χ2v) is 4.52. The minimum atomic E-state index is -0.312. The highest BCUT2D eigenvalue weighted by molar-refractivity contribution is 5.94. The summed E-state index contributed by atoms with van der Waals surface area (Å²) in [5, 5.41) is 1.88. The standard InChI is InChI=1S/C10H16N2O3/c1-10(2)5-4-7-11-8(15-12(7)10)6-9(13)14-3/h7H,4-6H2,1-3H3. The minimum Gasteiger partial charge on any atom is -0.469 e. The predicted molar refractivity (Wildman–Crippen MR) is 54.1 cm³/mol. The molecule has 1 saturated heterocycles. The van der Waals surface area contributed by atoms with E-state index in [1.165, 1.54) is 7.11 Å². The van der Waals surface area contributed by atoms with Crippen molar-refractivity contribution >= 4 is 11.9 Å². The number of carbonyl (C=O) groups excluding carboxylic acids is 1. The van der Waals surface area contributed by atoms with Crippen molar-refractivity contribution in [3.63, 3.8) is 0 Å². The van der Waals surface area contributed by atoms with Crippen LogP contribution in [0.15, 0.2) is 4.99 Å². The van der Waals surface area contributed by atoms with Crippen LogP contribution < -0.4 is 0 Å². The molecule has 0 radical (unpaired) electrons. The first-order valence-corrected chi connectivity index (χ1v) is 5.14. The summed E-state index contributed by atoms with van der Waals surface area (Å²) in [6.07, 6.45) is 2.25. The fourth-order valence-electron chi connectivity index (χ4n) is 1.99. The molecule has 15 heavy (non-hydrogen) atoms.